The van der Waals surface area contributed by atoms with E-state index in [-0.39, 0.29) is 53.3 Å². The molecule has 0 spiro atoms. The summed E-state index contributed by atoms with van der Waals surface area (Å²) >= 11 is 6.17. The van der Waals surface area contributed by atoms with Crippen LogP contribution in [0.1, 0.15) is 57.9 Å². The van der Waals surface area contributed by atoms with E-state index in [1.807, 2.05) is 42.7 Å². The SMILES string of the molecule is CCN(C(=O)Oc1ccc(F)cc1)C1CN(C(=O)C2CCN(C(=O)C3CCC(=O)N(C(C)C)C3)CC2)CC1c1ccc(Cl)cc1. The molecule has 11 heteroatoms. The second-order valence-electron chi connectivity index (χ2n) is 12.6. The molecule has 0 aliphatic carbocycles. The molecule has 3 saturated heterocycles. The lowest BCUT2D eigenvalue weighted by atomic mass is 9.91. The zero-order valence-electron chi connectivity index (χ0n) is 26.2. The molecule has 3 aliphatic heterocycles. The van der Waals surface area contributed by atoms with Crippen LogP contribution in [0.4, 0.5) is 9.18 Å². The average Bonchev–Trinajstić information content (AvgIpc) is 3.47. The van der Waals surface area contributed by atoms with Gasteiger partial charge in [0, 0.05) is 68.6 Å². The van der Waals surface area contributed by atoms with E-state index in [1.165, 1.54) is 24.3 Å². The van der Waals surface area contributed by atoms with Crippen LogP contribution in [0.3, 0.4) is 0 Å². The molecule has 0 bridgehead atoms. The minimum Gasteiger partial charge on any atom is -0.410 e. The van der Waals surface area contributed by atoms with Crippen molar-refractivity contribution in [2.45, 2.75) is 64.5 Å². The van der Waals surface area contributed by atoms with E-state index in [0.717, 1.165) is 5.56 Å². The fourth-order valence-corrected chi connectivity index (χ4v) is 7.04. The first-order valence-corrected chi connectivity index (χ1v) is 16.3. The van der Waals surface area contributed by atoms with E-state index in [1.54, 1.807) is 21.9 Å². The molecule has 2 aromatic carbocycles. The van der Waals surface area contributed by atoms with Crippen LogP contribution >= 0.6 is 11.6 Å². The number of carbonyl (C=O) groups excluding carboxylic acids is 4. The summed E-state index contributed by atoms with van der Waals surface area (Å²) < 4.78 is 19.0. The molecule has 3 heterocycles. The molecule has 0 aromatic heterocycles. The predicted molar refractivity (Wildman–Crippen MR) is 168 cm³/mol. The number of carbonyl (C=O) groups is 4. The minimum atomic E-state index is -0.561. The molecule has 0 N–H and O–H groups in total. The highest BCUT2D eigenvalue weighted by atomic mass is 35.5. The van der Waals surface area contributed by atoms with Crippen LogP contribution in [0.15, 0.2) is 48.5 Å². The maximum atomic E-state index is 13.9. The van der Waals surface area contributed by atoms with Crippen molar-refractivity contribution in [1.29, 1.82) is 0 Å². The van der Waals surface area contributed by atoms with Crippen molar-refractivity contribution in [3.05, 3.63) is 64.9 Å². The van der Waals surface area contributed by atoms with E-state index in [2.05, 4.69) is 0 Å². The van der Waals surface area contributed by atoms with Gasteiger partial charge in [0.15, 0.2) is 0 Å². The summed E-state index contributed by atoms with van der Waals surface area (Å²) in [6.07, 6.45) is 1.54. The number of halogens is 2. The molecule has 45 heavy (non-hydrogen) atoms. The first kappa shape index (κ1) is 32.7. The molecule has 3 aliphatic rings. The molecule has 3 fully saturated rings. The summed E-state index contributed by atoms with van der Waals surface area (Å²) in [5.41, 5.74) is 0.967. The number of likely N-dealkylation sites (tertiary alicyclic amines) is 3. The Hall–Kier alpha value is -3.66. The van der Waals surface area contributed by atoms with Crippen LogP contribution in [-0.4, -0.2) is 94.8 Å². The van der Waals surface area contributed by atoms with Gasteiger partial charge in [-0.1, -0.05) is 23.7 Å². The second-order valence-corrected chi connectivity index (χ2v) is 13.0. The molecule has 4 amide bonds. The quantitative estimate of drug-likeness (QED) is 0.416. The van der Waals surface area contributed by atoms with Crippen molar-refractivity contribution in [2.75, 3.05) is 39.3 Å². The van der Waals surface area contributed by atoms with Crippen LogP contribution in [0.5, 0.6) is 5.75 Å². The fraction of sp³-hybridized carbons (Fsp3) is 0.529. The Morgan fingerprint density at radius 2 is 1.56 bits per heavy atom. The maximum Gasteiger partial charge on any atom is 0.415 e. The van der Waals surface area contributed by atoms with Crippen LogP contribution in [0.25, 0.3) is 0 Å². The Kier molecular flexibility index (Phi) is 10.3. The van der Waals surface area contributed by atoms with Gasteiger partial charge in [-0.3, -0.25) is 14.4 Å². The standard InChI is InChI=1S/C34H42ClFN4O5/c1-4-39(34(44)45-28-12-10-27(36)11-13-28)30-21-38(20-29(30)23-5-8-26(35)9-6-23)32(42)24-15-17-37(18-16-24)33(43)25-7-14-31(41)40(19-25)22(2)3/h5-6,8-13,22,24-25,29-30H,4,7,14-21H2,1-3H3. The number of nitrogens with zero attached hydrogens (tertiary/aromatic N) is 4. The third-order valence-electron chi connectivity index (χ3n) is 9.47. The summed E-state index contributed by atoms with van der Waals surface area (Å²) in [6.45, 7) is 8.40. The third kappa shape index (κ3) is 7.43. The van der Waals surface area contributed by atoms with Gasteiger partial charge in [-0.15, -0.1) is 0 Å². The zero-order chi connectivity index (χ0) is 32.2. The first-order valence-electron chi connectivity index (χ1n) is 15.9. The monoisotopic (exact) mass is 640 g/mol. The lowest BCUT2D eigenvalue weighted by Gasteiger charge is -2.39. The van der Waals surface area contributed by atoms with Gasteiger partial charge in [0.1, 0.15) is 11.6 Å². The third-order valence-corrected chi connectivity index (χ3v) is 9.72. The topological polar surface area (TPSA) is 90.5 Å². The maximum absolute atomic E-state index is 13.9. The normalized spacial score (nSPS) is 22.6. The van der Waals surface area contributed by atoms with E-state index < -0.39 is 11.9 Å². The molecule has 0 saturated carbocycles. The fourth-order valence-electron chi connectivity index (χ4n) is 6.92. The van der Waals surface area contributed by atoms with E-state index in [4.69, 9.17) is 16.3 Å². The number of likely N-dealkylation sites (N-methyl/N-ethyl adjacent to an activating group) is 1. The highest BCUT2D eigenvalue weighted by Crippen LogP contribution is 2.35. The number of amides is 4. The van der Waals surface area contributed by atoms with Crippen molar-refractivity contribution in [3.63, 3.8) is 0 Å². The molecule has 9 nitrogen and oxygen atoms in total. The summed E-state index contributed by atoms with van der Waals surface area (Å²) in [5.74, 6) is -0.565. The molecule has 242 valence electrons. The number of ether oxygens (including phenoxy) is 1. The van der Waals surface area contributed by atoms with Gasteiger partial charge in [-0.2, -0.15) is 0 Å². The zero-order valence-corrected chi connectivity index (χ0v) is 26.9. The Bertz CT molecular complexity index is 1380. The van der Waals surface area contributed by atoms with Gasteiger partial charge >= 0.3 is 6.09 Å². The molecule has 2 aromatic rings. The summed E-state index contributed by atoms with van der Waals surface area (Å²) in [4.78, 5) is 60.0. The lowest BCUT2D eigenvalue weighted by molar-refractivity contribution is -0.147. The summed E-state index contributed by atoms with van der Waals surface area (Å²) in [5, 5.41) is 0.599. The van der Waals surface area contributed by atoms with Gasteiger partial charge in [0.2, 0.25) is 17.7 Å². The van der Waals surface area contributed by atoms with Crippen LogP contribution in [-0.2, 0) is 14.4 Å². The molecule has 5 rings (SSSR count). The van der Waals surface area contributed by atoms with Crippen LogP contribution in [0, 0.1) is 17.7 Å². The number of rotatable bonds is 7. The Balaban J connectivity index is 1.25. The summed E-state index contributed by atoms with van der Waals surface area (Å²) in [7, 11) is 0. The Morgan fingerprint density at radius 1 is 0.911 bits per heavy atom. The highest BCUT2D eigenvalue weighted by molar-refractivity contribution is 6.30. The second kappa shape index (κ2) is 14.2. The molecule has 0 radical (unpaired) electrons. The minimum absolute atomic E-state index is 0.0285. The molecule has 3 unspecified atom stereocenters. The van der Waals surface area contributed by atoms with Crippen molar-refractivity contribution < 1.29 is 28.3 Å². The van der Waals surface area contributed by atoms with Crippen LogP contribution < -0.4 is 4.74 Å². The summed E-state index contributed by atoms with van der Waals surface area (Å²) in [6, 6.07) is 12.5. The Morgan fingerprint density at radius 3 is 2.18 bits per heavy atom. The van der Waals surface area contributed by atoms with Gasteiger partial charge < -0.3 is 24.3 Å². The van der Waals surface area contributed by atoms with Crippen molar-refractivity contribution >= 4 is 35.4 Å². The highest BCUT2D eigenvalue weighted by Gasteiger charge is 2.44. The van der Waals surface area contributed by atoms with Gasteiger partial charge in [0.05, 0.1) is 12.0 Å². The molecular weight excluding hydrogens is 599 g/mol. The van der Waals surface area contributed by atoms with E-state index in [9.17, 15) is 23.6 Å². The first-order chi connectivity index (χ1) is 21.5. The predicted octanol–water partition coefficient (Wildman–Crippen LogP) is 5.18. The lowest BCUT2D eigenvalue weighted by Crippen LogP contribution is -2.51. The van der Waals surface area contributed by atoms with Gasteiger partial charge in [-0.25, -0.2) is 9.18 Å². The largest absolute Gasteiger partial charge is 0.415 e. The van der Waals surface area contributed by atoms with E-state index in [0.29, 0.717) is 70.0 Å². The number of benzene rings is 2. The van der Waals surface area contributed by atoms with Crippen molar-refractivity contribution in [2.24, 2.45) is 11.8 Å². The molecular formula is C34H42ClFN4O5. The average molecular weight is 641 g/mol. The van der Waals surface area contributed by atoms with Crippen LogP contribution in [0.2, 0.25) is 5.02 Å². The smallest absolute Gasteiger partial charge is 0.410 e. The van der Waals surface area contributed by atoms with E-state index >= 15 is 0 Å². The molecule has 3 atom stereocenters. The van der Waals surface area contributed by atoms with Crippen molar-refractivity contribution in [1.82, 2.24) is 19.6 Å². The van der Waals surface area contributed by atoms with Gasteiger partial charge in [0.25, 0.3) is 0 Å². The van der Waals surface area contributed by atoms with Crippen molar-refractivity contribution in [3.8, 4) is 5.75 Å². The van der Waals surface area contributed by atoms with Gasteiger partial charge in [-0.05, 0) is 82.0 Å². The Labute approximate surface area is 269 Å². The number of hydrogen-bond acceptors (Lipinski definition) is 5. The number of hydrogen-bond donors (Lipinski definition) is 0. The number of piperidine rings is 2.